The Kier molecular flexibility index (Phi) is 3.62. The smallest absolute Gasteiger partial charge is 0.387 e. The van der Waals surface area contributed by atoms with Crippen LogP contribution in [0.2, 0.25) is 0 Å². The second kappa shape index (κ2) is 4.53. The third kappa shape index (κ3) is 2.93. The van der Waals surface area contributed by atoms with Gasteiger partial charge >= 0.3 is 6.61 Å². The SMILES string of the molecule is OCc1ccc(OC(F)F)c(Br)c1. The van der Waals surface area contributed by atoms with E-state index in [1.165, 1.54) is 18.2 Å². The molecule has 0 bridgehead atoms. The highest BCUT2D eigenvalue weighted by Crippen LogP contribution is 2.27. The third-order valence-corrected chi connectivity index (χ3v) is 2.01. The van der Waals surface area contributed by atoms with Crippen molar-refractivity contribution in [1.82, 2.24) is 0 Å². The van der Waals surface area contributed by atoms with Gasteiger partial charge in [-0.25, -0.2) is 0 Å². The molecule has 0 aliphatic heterocycles. The maximum absolute atomic E-state index is 11.8. The van der Waals surface area contributed by atoms with E-state index in [1.807, 2.05) is 0 Å². The molecule has 72 valence electrons. The van der Waals surface area contributed by atoms with E-state index in [-0.39, 0.29) is 12.4 Å². The normalized spacial score (nSPS) is 10.5. The molecule has 0 amide bonds. The van der Waals surface area contributed by atoms with E-state index in [4.69, 9.17) is 5.11 Å². The zero-order valence-electron chi connectivity index (χ0n) is 6.51. The summed E-state index contributed by atoms with van der Waals surface area (Å²) in [7, 11) is 0. The molecule has 0 heterocycles. The van der Waals surface area contributed by atoms with Crippen LogP contribution >= 0.6 is 15.9 Å². The third-order valence-electron chi connectivity index (χ3n) is 1.39. The summed E-state index contributed by atoms with van der Waals surface area (Å²) >= 11 is 3.05. The summed E-state index contributed by atoms with van der Waals surface area (Å²) in [6.07, 6.45) is 0. The van der Waals surface area contributed by atoms with Crippen molar-refractivity contribution < 1.29 is 18.6 Å². The highest BCUT2D eigenvalue weighted by molar-refractivity contribution is 9.10. The fourth-order valence-corrected chi connectivity index (χ4v) is 1.35. The van der Waals surface area contributed by atoms with Crippen LogP contribution in [0.25, 0.3) is 0 Å². The largest absolute Gasteiger partial charge is 0.434 e. The van der Waals surface area contributed by atoms with Gasteiger partial charge < -0.3 is 9.84 Å². The van der Waals surface area contributed by atoms with Gasteiger partial charge in [0.25, 0.3) is 0 Å². The van der Waals surface area contributed by atoms with Crippen molar-refractivity contribution in [1.29, 1.82) is 0 Å². The first kappa shape index (κ1) is 10.4. The fourth-order valence-electron chi connectivity index (χ4n) is 0.834. The average molecular weight is 253 g/mol. The molecular formula is C8H7BrF2O2. The molecule has 0 spiro atoms. The number of hydrogen-bond donors (Lipinski definition) is 1. The highest BCUT2D eigenvalue weighted by Gasteiger charge is 2.07. The number of ether oxygens (including phenoxy) is 1. The average Bonchev–Trinajstić information content (AvgIpc) is 2.08. The van der Waals surface area contributed by atoms with Crippen LogP contribution < -0.4 is 4.74 Å². The number of benzene rings is 1. The van der Waals surface area contributed by atoms with E-state index in [0.29, 0.717) is 10.0 Å². The lowest BCUT2D eigenvalue weighted by Gasteiger charge is -2.07. The van der Waals surface area contributed by atoms with Gasteiger partial charge in [0.2, 0.25) is 0 Å². The van der Waals surface area contributed by atoms with Crippen molar-refractivity contribution in [3.63, 3.8) is 0 Å². The first-order valence-electron chi connectivity index (χ1n) is 3.47. The zero-order valence-corrected chi connectivity index (χ0v) is 8.09. The molecule has 13 heavy (non-hydrogen) atoms. The van der Waals surface area contributed by atoms with Crippen LogP contribution in [0, 0.1) is 0 Å². The summed E-state index contributed by atoms with van der Waals surface area (Å²) < 4.78 is 28.2. The van der Waals surface area contributed by atoms with Crippen LogP contribution in [0.1, 0.15) is 5.56 Å². The number of halogens is 3. The van der Waals surface area contributed by atoms with Gasteiger partial charge in [0, 0.05) is 0 Å². The molecule has 1 N–H and O–H groups in total. The number of alkyl halides is 2. The molecule has 0 aliphatic carbocycles. The van der Waals surface area contributed by atoms with Crippen molar-refractivity contribution in [2.75, 3.05) is 0 Å². The first-order valence-corrected chi connectivity index (χ1v) is 4.27. The molecule has 0 saturated heterocycles. The Morgan fingerprint density at radius 3 is 2.62 bits per heavy atom. The Labute approximate surface area is 82.3 Å². The van der Waals surface area contributed by atoms with E-state index < -0.39 is 6.61 Å². The molecule has 0 aromatic heterocycles. The van der Waals surface area contributed by atoms with Gasteiger partial charge in [0.1, 0.15) is 5.75 Å². The molecule has 0 unspecified atom stereocenters. The topological polar surface area (TPSA) is 29.5 Å². The predicted molar refractivity (Wildman–Crippen MR) is 46.7 cm³/mol. The zero-order chi connectivity index (χ0) is 9.84. The lowest BCUT2D eigenvalue weighted by atomic mass is 10.2. The Balaban J connectivity index is 2.85. The summed E-state index contributed by atoms with van der Waals surface area (Å²) in [6.45, 7) is -2.97. The summed E-state index contributed by atoms with van der Waals surface area (Å²) in [4.78, 5) is 0. The van der Waals surface area contributed by atoms with E-state index in [2.05, 4.69) is 20.7 Å². The van der Waals surface area contributed by atoms with E-state index in [9.17, 15) is 8.78 Å². The Bertz CT molecular complexity index is 291. The molecule has 2 nitrogen and oxygen atoms in total. The number of aliphatic hydroxyl groups excluding tert-OH is 1. The van der Waals surface area contributed by atoms with Crippen molar-refractivity contribution in [2.45, 2.75) is 13.2 Å². The van der Waals surface area contributed by atoms with Crippen LogP contribution in [0.5, 0.6) is 5.75 Å². The Hall–Kier alpha value is -0.680. The van der Waals surface area contributed by atoms with Gasteiger partial charge in [-0.15, -0.1) is 0 Å². The molecule has 0 atom stereocenters. The lowest BCUT2D eigenvalue weighted by Crippen LogP contribution is -2.02. The lowest BCUT2D eigenvalue weighted by molar-refractivity contribution is -0.0503. The van der Waals surface area contributed by atoms with Crippen LogP contribution in [0.3, 0.4) is 0 Å². The van der Waals surface area contributed by atoms with E-state index in [1.54, 1.807) is 0 Å². The molecule has 1 rings (SSSR count). The van der Waals surface area contributed by atoms with Crippen LogP contribution in [-0.2, 0) is 6.61 Å². The second-order valence-corrected chi connectivity index (χ2v) is 3.16. The summed E-state index contributed by atoms with van der Waals surface area (Å²) in [5.41, 5.74) is 0.633. The molecule has 0 aliphatic rings. The van der Waals surface area contributed by atoms with Crippen LogP contribution in [-0.4, -0.2) is 11.7 Å². The van der Waals surface area contributed by atoms with Crippen molar-refractivity contribution in [2.24, 2.45) is 0 Å². The summed E-state index contributed by atoms with van der Waals surface area (Å²) in [5, 5.41) is 8.73. The minimum atomic E-state index is -2.84. The van der Waals surface area contributed by atoms with Gasteiger partial charge in [-0.3, -0.25) is 0 Å². The van der Waals surface area contributed by atoms with E-state index >= 15 is 0 Å². The molecule has 0 saturated carbocycles. The van der Waals surface area contributed by atoms with Crippen molar-refractivity contribution >= 4 is 15.9 Å². The summed E-state index contributed by atoms with van der Waals surface area (Å²) in [5.74, 6) is 0.0622. The quantitative estimate of drug-likeness (QED) is 0.896. The van der Waals surface area contributed by atoms with Crippen LogP contribution in [0.15, 0.2) is 22.7 Å². The maximum Gasteiger partial charge on any atom is 0.387 e. The Morgan fingerprint density at radius 2 is 2.15 bits per heavy atom. The Morgan fingerprint density at radius 1 is 1.46 bits per heavy atom. The number of aliphatic hydroxyl groups is 1. The maximum atomic E-state index is 11.8. The van der Waals surface area contributed by atoms with E-state index in [0.717, 1.165) is 0 Å². The van der Waals surface area contributed by atoms with Crippen molar-refractivity contribution in [3.8, 4) is 5.75 Å². The molecule has 0 radical (unpaired) electrons. The first-order chi connectivity index (χ1) is 6.13. The number of rotatable bonds is 3. The van der Waals surface area contributed by atoms with Crippen LogP contribution in [0.4, 0.5) is 8.78 Å². The highest BCUT2D eigenvalue weighted by atomic mass is 79.9. The molecule has 1 aromatic carbocycles. The van der Waals surface area contributed by atoms with Gasteiger partial charge in [-0.1, -0.05) is 6.07 Å². The van der Waals surface area contributed by atoms with Gasteiger partial charge in [-0.2, -0.15) is 8.78 Å². The minimum Gasteiger partial charge on any atom is -0.434 e. The minimum absolute atomic E-state index is 0.0622. The predicted octanol–water partition coefficient (Wildman–Crippen LogP) is 2.54. The molecule has 0 fully saturated rings. The summed E-state index contributed by atoms with van der Waals surface area (Å²) in [6, 6.07) is 4.42. The second-order valence-electron chi connectivity index (χ2n) is 2.30. The van der Waals surface area contributed by atoms with Gasteiger partial charge in [0.05, 0.1) is 11.1 Å². The fraction of sp³-hybridized carbons (Fsp3) is 0.250. The van der Waals surface area contributed by atoms with Gasteiger partial charge in [-0.05, 0) is 33.6 Å². The molecule has 1 aromatic rings. The van der Waals surface area contributed by atoms with Crippen molar-refractivity contribution in [3.05, 3.63) is 28.2 Å². The monoisotopic (exact) mass is 252 g/mol. The standard InChI is InChI=1S/C8H7BrF2O2/c9-6-3-5(4-12)1-2-7(6)13-8(10)11/h1-3,8,12H,4H2. The molecule has 5 heteroatoms. The molecular weight excluding hydrogens is 246 g/mol. The van der Waals surface area contributed by atoms with Gasteiger partial charge in [0.15, 0.2) is 0 Å². The number of hydrogen-bond acceptors (Lipinski definition) is 2.